The van der Waals surface area contributed by atoms with Gasteiger partial charge in [0.15, 0.2) is 5.82 Å². The maximum atomic E-state index is 12.9. The number of rotatable bonds is 4. The summed E-state index contributed by atoms with van der Waals surface area (Å²) in [5.41, 5.74) is 9.35. The van der Waals surface area contributed by atoms with Gasteiger partial charge in [-0.15, -0.1) is 0 Å². The van der Waals surface area contributed by atoms with E-state index < -0.39 is 17.6 Å². The molecule has 1 amide bonds. The Bertz CT molecular complexity index is 1140. The van der Waals surface area contributed by atoms with Crippen LogP contribution in [0.3, 0.4) is 0 Å². The molecular weight excluding hydrogens is 397 g/mol. The van der Waals surface area contributed by atoms with Gasteiger partial charge >= 0.3 is 6.18 Å². The third kappa shape index (κ3) is 4.03. The number of alkyl halides is 3. The predicted octanol–water partition coefficient (Wildman–Crippen LogP) is 2.85. The van der Waals surface area contributed by atoms with Crippen LogP contribution in [0.2, 0.25) is 0 Å². The van der Waals surface area contributed by atoms with Crippen molar-refractivity contribution < 1.29 is 18.0 Å². The lowest BCUT2D eigenvalue weighted by Crippen LogP contribution is -2.37. The van der Waals surface area contributed by atoms with Crippen LogP contribution in [-0.4, -0.2) is 22.9 Å². The van der Waals surface area contributed by atoms with Crippen molar-refractivity contribution in [2.24, 2.45) is 11.6 Å². The van der Waals surface area contributed by atoms with E-state index in [2.05, 4.69) is 15.4 Å². The number of carbonyl (C=O) groups is 1. The maximum Gasteiger partial charge on any atom is 0.416 e. The summed E-state index contributed by atoms with van der Waals surface area (Å²) in [6.45, 7) is 1.81. The smallest absolute Gasteiger partial charge is 0.403 e. The molecule has 1 aromatic heterocycles. The number of hydrogen-bond donors (Lipinski definition) is 3. The van der Waals surface area contributed by atoms with Crippen LogP contribution in [0.5, 0.6) is 0 Å². The predicted molar refractivity (Wildman–Crippen MR) is 108 cm³/mol. The number of aryl methyl sites for hydroxylation is 1. The van der Waals surface area contributed by atoms with Gasteiger partial charge < -0.3 is 16.1 Å². The number of fused-ring (bicyclic) bond motifs is 1. The van der Waals surface area contributed by atoms with Gasteiger partial charge in [-0.2, -0.15) is 13.2 Å². The number of carbonyl (C=O) groups excluding carboxylic acids is 1. The first-order valence-electron chi connectivity index (χ1n) is 8.77. The molecule has 7 nitrogen and oxygen atoms in total. The molecule has 10 heteroatoms. The van der Waals surface area contributed by atoms with E-state index >= 15 is 0 Å². The maximum absolute atomic E-state index is 12.9. The topological polar surface area (TPSA) is 110 Å². The largest absolute Gasteiger partial charge is 0.416 e. The van der Waals surface area contributed by atoms with Gasteiger partial charge in [0, 0.05) is 36.1 Å². The van der Waals surface area contributed by atoms with Gasteiger partial charge in [0.05, 0.1) is 11.1 Å². The van der Waals surface area contributed by atoms with E-state index in [9.17, 15) is 18.0 Å². The highest BCUT2D eigenvalue weighted by molar-refractivity contribution is 6.05. The van der Waals surface area contributed by atoms with Crippen LogP contribution in [0.1, 0.15) is 11.1 Å². The highest BCUT2D eigenvalue weighted by Gasteiger charge is 2.30. The van der Waals surface area contributed by atoms with Crippen LogP contribution in [0, 0.1) is 6.92 Å². The molecule has 30 heavy (non-hydrogen) atoms. The fourth-order valence-electron chi connectivity index (χ4n) is 2.99. The highest BCUT2D eigenvalue weighted by Crippen LogP contribution is 2.32. The molecule has 2 aromatic carbocycles. The minimum absolute atomic E-state index is 0.0389. The lowest BCUT2D eigenvalue weighted by atomic mass is 10.1. The van der Waals surface area contributed by atoms with Gasteiger partial charge in [-0.1, -0.05) is 0 Å². The summed E-state index contributed by atoms with van der Waals surface area (Å²) in [6.07, 6.45) is -1.99. The zero-order valence-electron chi connectivity index (χ0n) is 16.2. The molecule has 0 saturated heterocycles. The Morgan fingerprint density at radius 3 is 2.53 bits per heavy atom. The number of anilines is 1. The number of likely N-dealkylation sites (N-methyl/N-ethyl adjacent to an activating group) is 1. The molecule has 0 atom stereocenters. The molecule has 0 saturated carbocycles. The Hall–Kier alpha value is -3.66. The van der Waals surface area contributed by atoms with Crippen molar-refractivity contribution in [3.8, 4) is 11.4 Å². The molecule has 0 aliphatic heterocycles. The minimum Gasteiger partial charge on any atom is -0.403 e. The van der Waals surface area contributed by atoms with Crippen molar-refractivity contribution in [2.45, 2.75) is 13.1 Å². The fourth-order valence-corrected chi connectivity index (χ4v) is 2.99. The number of amides is 1. The van der Waals surface area contributed by atoms with Crippen molar-refractivity contribution in [1.82, 2.24) is 15.4 Å². The molecule has 0 aliphatic rings. The normalized spacial score (nSPS) is 12.1. The molecule has 3 aromatic rings. The van der Waals surface area contributed by atoms with E-state index in [1.165, 1.54) is 17.2 Å². The number of halogens is 3. The van der Waals surface area contributed by atoms with Crippen molar-refractivity contribution in [3.63, 3.8) is 0 Å². The molecule has 3 rings (SSSR count). The quantitative estimate of drug-likeness (QED) is 0.343. The molecule has 0 radical (unpaired) electrons. The van der Waals surface area contributed by atoms with Gasteiger partial charge in [-0.05, 0) is 48.9 Å². The number of hydrogen-bond acceptors (Lipinski definition) is 6. The summed E-state index contributed by atoms with van der Waals surface area (Å²) < 4.78 is 38.6. The van der Waals surface area contributed by atoms with E-state index in [4.69, 9.17) is 11.6 Å². The Morgan fingerprint density at radius 1 is 1.20 bits per heavy atom. The van der Waals surface area contributed by atoms with Gasteiger partial charge in [0.25, 0.3) is 5.91 Å². The summed E-state index contributed by atoms with van der Waals surface area (Å²) in [5, 5.41) is 0.294. The van der Waals surface area contributed by atoms with Crippen LogP contribution in [-0.2, 0) is 11.0 Å². The Labute approximate surface area is 170 Å². The summed E-state index contributed by atoms with van der Waals surface area (Å²) in [5.74, 6) is 5.23. The Kier molecular flexibility index (Phi) is 5.61. The summed E-state index contributed by atoms with van der Waals surface area (Å²) in [4.78, 5) is 22.3. The number of benzene rings is 2. The lowest BCUT2D eigenvalue weighted by Gasteiger charge is -2.21. The monoisotopic (exact) mass is 416 g/mol. The van der Waals surface area contributed by atoms with Crippen molar-refractivity contribution in [2.75, 3.05) is 11.9 Å². The molecule has 0 unspecified atom stereocenters. The van der Waals surface area contributed by atoms with Gasteiger partial charge in [-0.3, -0.25) is 10.6 Å². The zero-order valence-corrected chi connectivity index (χ0v) is 16.2. The number of aromatic nitrogens is 2. The van der Waals surface area contributed by atoms with Crippen LogP contribution in [0.4, 0.5) is 18.9 Å². The molecule has 0 aliphatic carbocycles. The van der Waals surface area contributed by atoms with Crippen LogP contribution in [0.25, 0.3) is 22.3 Å². The Morgan fingerprint density at radius 2 is 1.93 bits per heavy atom. The standard InChI is InChI=1S/C20H19F3N6O/c1-11-7-12(3-6-17(11)29(2)19(30)16(9-24)28-25)18-26-10-13-8-14(20(21,22)23)4-5-15(13)27-18/h3-10,28H,24-25H2,1-2H3/b16-9-. The second-order valence-corrected chi connectivity index (χ2v) is 6.56. The average Bonchev–Trinajstić information content (AvgIpc) is 2.72. The van der Waals surface area contributed by atoms with E-state index in [1.54, 1.807) is 32.2 Å². The first kappa shape index (κ1) is 21.1. The second kappa shape index (κ2) is 7.99. The molecule has 5 N–H and O–H groups in total. The summed E-state index contributed by atoms with van der Waals surface area (Å²) in [6, 6.07) is 8.54. The molecule has 156 valence electrons. The number of nitrogens with one attached hydrogen (secondary N) is 1. The number of hydrazine groups is 1. The first-order chi connectivity index (χ1) is 14.2. The van der Waals surface area contributed by atoms with Crippen LogP contribution >= 0.6 is 0 Å². The SMILES string of the molecule is Cc1cc(-c2ncc3cc(C(F)(F)F)ccc3n2)ccc1N(C)C(=O)/C(=C/N)NN. The molecule has 0 spiro atoms. The van der Waals surface area contributed by atoms with Crippen molar-refractivity contribution in [1.29, 1.82) is 0 Å². The molecule has 0 fully saturated rings. The number of nitrogens with two attached hydrogens (primary N) is 2. The summed E-state index contributed by atoms with van der Waals surface area (Å²) in [7, 11) is 1.58. The van der Waals surface area contributed by atoms with E-state index in [0.29, 0.717) is 28.0 Å². The Balaban J connectivity index is 1.94. The first-order valence-corrected chi connectivity index (χ1v) is 8.77. The highest BCUT2D eigenvalue weighted by atomic mass is 19.4. The molecule has 1 heterocycles. The van der Waals surface area contributed by atoms with Crippen molar-refractivity contribution >= 4 is 22.5 Å². The van der Waals surface area contributed by atoms with Crippen LogP contribution in [0.15, 0.2) is 54.5 Å². The lowest BCUT2D eigenvalue weighted by molar-refractivity contribution is -0.137. The fraction of sp³-hybridized carbons (Fsp3) is 0.150. The minimum atomic E-state index is -4.43. The van der Waals surface area contributed by atoms with E-state index in [1.807, 2.05) is 0 Å². The van der Waals surface area contributed by atoms with E-state index in [-0.39, 0.29) is 5.70 Å². The third-order valence-electron chi connectivity index (χ3n) is 4.58. The molecule has 0 bridgehead atoms. The van der Waals surface area contributed by atoms with Gasteiger partial charge in [-0.25, -0.2) is 9.97 Å². The van der Waals surface area contributed by atoms with E-state index in [0.717, 1.165) is 23.9 Å². The van der Waals surface area contributed by atoms with Gasteiger partial charge in [0.2, 0.25) is 0 Å². The van der Waals surface area contributed by atoms with Crippen LogP contribution < -0.4 is 21.9 Å². The summed E-state index contributed by atoms with van der Waals surface area (Å²) >= 11 is 0. The average molecular weight is 416 g/mol. The van der Waals surface area contributed by atoms with Gasteiger partial charge in [0.1, 0.15) is 5.70 Å². The number of nitrogens with zero attached hydrogens (tertiary/aromatic N) is 3. The third-order valence-corrected chi connectivity index (χ3v) is 4.58. The second-order valence-electron chi connectivity index (χ2n) is 6.56. The molecular formula is C20H19F3N6O. The van der Waals surface area contributed by atoms with Crippen molar-refractivity contribution in [3.05, 3.63) is 65.6 Å². The zero-order chi connectivity index (χ0) is 22.1.